The fraction of sp³-hybridized carbons (Fsp3) is 0.355. The fourth-order valence-electron chi connectivity index (χ4n) is 4.28. The third kappa shape index (κ3) is 8.29. The van der Waals surface area contributed by atoms with Gasteiger partial charge in [0, 0.05) is 13.1 Å². The van der Waals surface area contributed by atoms with Crippen molar-refractivity contribution in [3.8, 4) is 5.75 Å². The van der Waals surface area contributed by atoms with Gasteiger partial charge >= 0.3 is 0 Å². The van der Waals surface area contributed by atoms with Crippen molar-refractivity contribution < 1.29 is 27.1 Å². The molecule has 0 aliphatic carbocycles. The van der Waals surface area contributed by atoms with Crippen molar-refractivity contribution in [3.63, 3.8) is 0 Å². The van der Waals surface area contributed by atoms with E-state index in [-0.39, 0.29) is 29.0 Å². The van der Waals surface area contributed by atoms with Crippen LogP contribution >= 0.6 is 0 Å². The molecule has 220 valence electrons. The smallest absolute Gasteiger partial charge is 0.264 e. The minimum Gasteiger partial charge on any atom is -0.497 e. The van der Waals surface area contributed by atoms with Gasteiger partial charge < -0.3 is 15.0 Å². The van der Waals surface area contributed by atoms with Crippen molar-refractivity contribution in [2.24, 2.45) is 5.92 Å². The summed E-state index contributed by atoms with van der Waals surface area (Å²) in [5, 5.41) is 2.90. The lowest BCUT2D eigenvalue weighted by molar-refractivity contribution is -0.140. The molecule has 0 saturated heterocycles. The van der Waals surface area contributed by atoms with E-state index in [1.54, 1.807) is 49.4 Å². The Kier molecular flexibility index (Phi) is 10.9. The third-order valence-corrected chi connectivity index (χ3v) is 8.35. The molecular formula is C31H38FN3O5S. The minimum atomic E-state index is -4.27. The molecule has 0 aromatic heterocycles. The van der Waals surface area contributed by atoms with Crippen LogP contribution < -0.4 is 14.4 Å². The number of nitrogens with one attached hydrogen (secondary N) is 1. The van der Waals surface area contributed by atoms with Crippen LogP contribution in [0.25, 0.3) is 0 Å². The van der Waals surface area contributed by atoms with E-state index in [0.717, 1.165) is 27.6 Å². The number of rotatable bonds is 13. The lowest BCUT2D eigenvalue weighted by atomic mass is 10.1. The molecule has 3 aromatic rings. The summed E-state index contributed by atoms with van der Waals surface area (Å²) in [7, 11) is -2.73. The number of aryl methyl sites for hydroxylation is 1. The molecule has 2 amide bonds. The highest BCUT2D eigenvalue weighted by Crippen LogP contribution is 2.26. The van der Waals surface area contributed by atoms with Crippen LogP contribution in [0.3, 0.4) is 0 Å². The number of anilines is 1. The zero-order valence-electron chi connectivity index (χ0n) is 24.1. The van der Waals surface area contributed by atoms with Crippen LogP contribution in [0.4, 0.5) is 10.1 Å². The normalized spacial score (nSPS) is 12.1. The van der Waals surface area contributed by atoms with Crippen LogP contribution in [-0.4, -0.2) is 51.4 Å². The second-order valence-electron chi connectivity index (χ2n) is 10.2. The Bertz CT molecular complexity index is 1430. The number of sulfonamides is 1. The van der Waals surface area contributed by atoms with Crippen molar-refractivity contribution in [3.05, 3.63) is 89.7 Å². The van der Waals surface area contributed by atoms with Gasteiger partial charge in [-0.3, -0.25) is 13.9 Å². The Balaban J connectivity index is 2.05. The van der Waals surface area contributed by atoms with Crippen LogP contribution in [0.2, 0.25) is 0 Å². The number of ether oxygens (including phenoxy) is 1. The van der Waals surface area contributed by atoms with Crippen LogP contribution in [0, 0.1) is 18.7 Å². The first kappa shape index (κ1) is 31.6. The Labute approximate surface area is 242 Å². The monoisotopic (exact) mass is 583 g/mol. The van der Waals surface area contributed by atoms with E-state index >= 15 is 0 Å². The van der Waals surface area contributed by atoms with E-state index in [9.17, 15) is 22.4 Å². The SMILES string of the molecule is CC[C@@H](C(=O)NCC(C)C)N(Cc1cccc(OC)c1)C(=O)CN(c1ccc(C)cc1)S(=O)(=O)c1ccc(F)cc1. The van der Waals surface area contributed by atoms with Crippen molar-refractivity contribution in [2.75, 3.05) is 24.5 Å². The van der Waals surface area contributed by atoms with Crippen molar-refractivity contribution >= 4 is 27.5 Å². The topological polar surface area (TPSA) is 96.0 Å². The lowest BCUT2D eigenvalue weighted by Gasteiger charge is -2.33. The van der Waals surface area contributed by atoms with E-state index < -0.39 is 34.3 Å². The number of amides is 2. The first-order chi connectivity index (χ1) is 19.5. The summed E-state index contributed by atoms with van der Waals surface area (Å²) in [6.07, 6.45) is 0.314. The summed E-state index contributed by atoms with van der Waals surface area (Å²) in [6.45, 7) is 7.54. The van der Waals surface area contributed by atoms with Crippen molar-refractivity contribution in [1.29, 1.82) is 0 Å². The molecule has 1 N–H and O–H groups in total. The van der Waals surface area contributed by atoms with E-state index in [4.69, 9.17) is 4.74 Å². The minimum absolute atomic E-state index is 0.0575. The molecule has 0 spiro atoms. The van der Waals surface area contributed by atoms with E-state index in [0.29, 0.717) is 18.7 Å². The number of carbonyl (C=O) groups is 2. The maximum Gasteiger partial charge on any atom is 0.264 e. The predicted octanol–water partition coefficient (Wildman–Crippen LogP) is 4.92. The molecular weight excluding hydrogens is 545 g/mol. The molecule has 0 aliphatic rings. The number of halogens is 1. The number of nitrogens with zero attached hydrogens (tertiary/aromatic N) is 2. The van der Waals surface area contributed by atoms with E-state index in [1.165, 1.54) is 24.1 Å². The molecule has 3 aromatic carbocycles. The molecule has 0 bridgehead atoms. The number of hydrogen-bond acceptors (Lipinski definition) is 5. The van der Waals surface area contributed by atoms with Gasteiger partial charge in [0.2, 0.25) is 11.8 Å². The number of hydrogen-bond donors (Lipinski definition) is 1. The van der Waals surface area contributed by atoms with Crippen molar-refractivity contribution in [2.45, 2.75) is 51.6 Å². The molecule has 0 fully saturated rings. The lowest BCUT2D eigenvalue weighted by Crippen LogP contribution is -2.52. The zero-order chi connectivity index (χ0) is 30.2. The summed E-state index contributed by atoms with van der Waals surface area (Å²) in [5.41, 5.74) is 1.90. The van der Waals surface area contributed by atoms with Gasteiger partial charge in [-0.25, -0.2) is 12.8 Å². The summed E-state index contributed by atoms with van der Waals surface area (Å²) >= 11 is 0. The first-order valence-corrected chi connectivity index (χ1v) is 14.9. The largest absolute Gasteiger partial charge is 0.497 e. The molecule has 3 rings (SSSR count). The van der Waals surface area contributed by atoms with Gasteiger partial charge in [-0.2, -0.15) is 0 Å². The number of methoxy groups -OCH3 is 1. The fourth-order valence-corrected chi connectivity index (χ4v) is 5.70. The average Bonchev–Trinajstić information content (AvgIpc) is 2.95. The van der Waals surface area contributed by atoms with Gasteiger partial charge in [0.1, 0.15) is 24.2 Å². The summed E-state index contributed by atoms with van der Waals surface area (Å²) in [6, 6.07) is 17.5. The molecule has 0 aliphatic heterocycles. The second kappa shape index (κ2) is 14.1. The first-order valence-electron chi connectivity index (χ1n) is 13.5. The summed E-state index contributed by atoms with van der Waals surface area (Å²) in [4.78, 5) is 28.6. The van der Waals surface area contributed by atoms with Crippen LogP contribution in [0.5, 0.6) is 5.75 Å². The van der Waals surface area contributed by atoms with Gasteiger partial charge in [-0.05, 0) is 73.4 Å². The highest BCUT2D eigenvalue weighted by atomic mass is 32.2. The molecule has 0 saturated carbocycles. The quantitative estimate of drug-likeness (QED) is 0.308. The average molecular weight is 584 g/mol. The van der Waals surface area contributed by atoms with Gasteiger partial charge in [0.25, 0.3) is 10.0 Å². The molecule has 0 heterocycles. The van der Waals surface area contributed by atoms with Gasteiger partial charge in [-0.15, -0.1) is 0 Å². The molecule has 41 heavy (non-hydrogen) atoms. The predicted molar refractivity (Wildman–Crippen MR) is 158 cm³/mol. The van der Waals surface area contributed by atoms with Crippen LogP contribution in [-0.2, 0) is 26.2 Å². The van der Waals surface area contributed by atoms with E-state index in [2.05, 4.69) is 5.32 Å². The Morgan fingerprint density at radius 2 is 1.66 bits per heavy atom. The highest BCUT2D eigenvalue weighted by molar-refractivity contribution is 7.92. The molecule has 8 nitrogen and oxygen atoms in total. The molecule has 0 unspecified atom stereocenters. The molecule has 0 radical (unpaired) electrons. The number of benzene rings is 3. The summed E-state index contributed by atoms with van der Waals surface area (Å²) < 4.78 is 47.6. The Morgan fingerprint density at radius 1 is 1.00 bits per heavy atom. The highest BCUT2D eigenvalue weighted by Gasteiger charge is 2.33. The third-order valence-electron chi connectivity index (χ3n) is 6.56. The zero-order valence-corrected chi connectivity index (χ0v) is 24.9. The standard InChI is InChI=1S/C31H38FN3O5S/c1-6-29(31(37)33-19-22(2)3)34(20-24-8-7-9-27(18-24)40-5)30(36)21-35(26-14-10-23(4)11-15-26)41(38,39)28-16-12-25(32)13-17-28/h7-18,22,29H,6,19-21H2,1-5H3,(H,33,37)/t29-/m0/s1. The second-order valence-corrected chi connectivity index (χ2v) is 12.1. The van der Waals surface area contributed by atoms with Gasteiger partial charge in [-0.1, -0.05) is 50.6 Å². The molecule has 10 heteroatoms. The Hall–Kier alpha value is -3.92. The van der Waals surface area contributed by atoms with E-state index in [1.807, 2.05) is 26.8 Å². The maximum absolute atomic E-state index is 14.1. The van der Waals surface area contributed by atoms with Gasteiger partial charge in [0.15, 0.2) is 0 Å². The number of carbonyl (C=O) groups excluding carboxylic acids is 2. The maximum atomic E-state index is 14.1. The van der Waals surface area contributed by atoms with Crippen LogP contribution in [0.15, 0.2) is 77.7 Å². The van der Waals surface area contributed by atoms with Crippen molar-refractivity contribution in [1.82, 2.24) is 10.2 Å². The Morgan fingerprint density at radius 3 is 2.24 bits per heavy atom. The molecule has 1 atom stereocenters. The summed E-state index contributed by atoms with van der Waals surface area (Å²) in [5.74, 6) is -0.667. The van der Waals surface area contributed by atoms with Crippen LogP contribution in [0.1, 0.15) is 38.3 Å². The van der Waals surface area contributed by atoms with Gasteiger partial charge in [0.05, 0.1) is 17.7 Å².